The van der Waals surface area contributed by atoms with Crippen molar-refractivity contribution in [2.45, 2.75) is 26.7 Å². The van der Waals surface area contributed by atoms with E-state index in [-0.39, 0.29) is 6.03 Å². The molecule has 0 aromatic heterocycles. The lowest BCUT2D eigenvalue weighted by Crippen LogP contribution is -2.39. The van der Waals surface area contributed by atoms with Crippen LogP contribution in [0.5, 0.6) is 0 Å². The quantitative estimate of drug-likeness (QED) is 0.668. The number of amides is 2. The molecule has 0 spiro atoms. The lowest BCUT2D eigenvalue weighted by atomic mass is 10.2. The number of carbonyl (C=O) groups excluding carboxylic acids is 1. The minimum absolute atomic E-state index is 0.112. The molecule has 1 aliphatic rings. The first kappa shape index (κ1) is 9.36. The zero-order valence-electron chi connectivity index (χ0n) is 7.97. The van der Waals surface area contributed by atoms with Gasteiger partial charge in [0.05, 0.1) is 0 Å². The average Bonchev–Trinajstić information content (AvgIpc) is 2.51. The first-order valence-corrected chi connectivity index (χ1v) is 4.73. The Morgan fingerprint density at radius 2 is 2.00 bits per heavy atom. The summed E-state index contributed by atoms with van der Waals surface area (Å²) in [6, 6.07) is 0.112. The van der Waals surface area contributed by atoms with Crippen LogP contribution >= 0.6 is 0 Å². The average molecular weight is 170 g/mol. The Labute approximate surface area is 74.1 Å². The highest BCUT2D eigenvalue weighted by molar-refractivity contribution is 5.74. The monoisotopic (exact) mass is 170 g/mol. The SMILES string of the molecule is CC(C)CNC(=O)N1CCCC1. The molecule has 0 saturated carbocycles. The summed E-state index contributed by atoms with van der Waals surface area (Å²) in [5, 5.41) is 2.91. The Kier molecular flexibility index (Phi) is 3.38. The van der Waals surface area contributed by atoms with Crippen LogP contribution < -0.4 is 5.32 Å². The molecular weight excluding hydrogens is 152 g/mol. The van der Waals surface area contributed by atoms with Crippen LogP contribution in [0.4, 0.5) is 4.79 Å². The Morgan fingerprint density at radius 3 is 2.50 bits per heavy atom. The van der Waals surface area contributed by atoms with Crippen LogP contribution in [0.15, 0.2) is 0 Å². The number of carbonyl (C=O) groups is 1. The highest BCUT2D eigenvalue weighted by atomic mass is 16.2. The number of rotatable bonds is 2. The summed E-state index contributed by atoms with van der Waals surface area (Å²) >= 11 is 0. The molecule has 0 unspecified atom stereocenters. The third-order valence-electron chi connectivity index (χ3n) is 2.05. The van der Waals surface area contributed by atoms with Gasteiger partial charge in [-0.1, -0.05) is 13.8 Å². The van der Waals surface area contributed by atoms with Crippen molar-refractivity contribution in [2.24, 2.45) is 5.92 Å². The van der Waals surface area contributed by atoms with Crippen LogP contribution in [0.1, 0.15) is 26.7 Å². The van der Waals surface area contributed by atoms with Crippen molar-refractivity contribution < 1.29 is 4.79 Å². The van der Waals surface area contributed by atoms with Gasteiger partial charge in [-0.25, -0.2) is 4.79 Å². The predicted octanol–water partition coefficient (Wildman–Crippen LogP) is 1.45. The van der Waals surface area contributed by atoms with Gasteiger partial charge in [0.15, 0.2) is 0 Å². The molecule has 1 saturated heterocycles. The van der Waals surface area contributed by atoms with Crippen LogP contribution in [0.3, 0.4) is 0 Å². The van der Waals surface area contributed by atoms with Gasteiger partial charge in [-0.2, -0.15) is 0 Å². The summed E-state index contributed by atoms with van der Waals surface area (Å²) in [5.41, 5.74) is 0. The van der Waals surface area contributed by atoms with Crippen LogP contribution in [-0.2, 0) is 0 Å². The van der Waals surface area contributed by atoms with Gasteiger partial charge in [-0.15, -0.1) is 0 Å². The molecule has 3 nitrogen and oxygen atoms in total. The van der Waals surface area contributed by atoms with E-state index in [9.17, 15) is 4.79 Å². The lowest BCUT2D eigenvalue weighted by Gasteiger charge is -2.16. The van der Waals surface area contributed by atoms with Crippen LogP contribution in [0.25, 0.3) is 0 Å². The zero-order valence-corrected chi connectivity index (χ0v) is 7.97. The van der Waals surface area contributed by atoms with Gasteiger partial charge < -0.3 is 10.2 Å². The standard InChI is InChI=1S/C9H18N2O/c1-8(2)7-10-9(12)11-5-3-4-6-11/h8H,3-7H2,1-2H3,(H,10,12). The molecule has 0 aromatic rings. The third kappa shape index (κ3) is 2.72. The van der Waals surface area contributed by atoms with Crippen LogP contribution in [0.2, 0.25) is 0 Å². The van der Waals surface area contributed by atoms with Gasteiger partial charge >= 0.3 is 6.03 Å². The Morgan fingerprint density at radius 1 is 1.42 bits per heavy atom. The first-order valence-electron chi connectivity index (χ1n) is 4.73. The second-order valence-corrected chi connectivity index (χ2v) is 3.77. The maximum Gasteiger partial charge on any atom is 0.317 e. The summed E-state index contributed by atoms with van der Waals surface area (Å²) < 4.78 is 0. The van der Waals surface area contributed by atoms with Crippen molar-refractivity contribution in [2.75, 3.05) is 19.6 Å². The van der Waals surface area contributed by atoms with Gasteiger partial charge in [0, 0.05) is 19.6 Å². The third-order valence-corrected chi connectivity index (χ3v) is 2.05. The van der Waals surface area contributed by atoms with Crippen molar-refractivity contribution in [3.8, 4) is 0 Å². The molecule has 1 fully saturated rings. The molecule has 0 aromatic carbocycles. The fourth-order valence-corrected chi connectivity index (χ4v) is 1.32. The fourth-order valence-electron chi connectivity index (χ4n) is 1.32. The van der Waals surface area contributed by atoms with E-state index in [0.29, 0.717) is 5.92 Å². The smallest absolute Gasteiger partial charge is 0.317 e. The first-order chi connectivity index (χ1) is 5.70. The topological polar surface area (TPSA) is 32.3 Å². The van der Waals surface area contributed by atoms with E-state index in [1.807, 2.05) is 4.90 Å². The molecule has 1 heterocycles. The molecule has 3 heteroatoms. The van der Waals surface area contributed by atoms with Crippen molar-refractivity contribution in [3.05, 3.63) is 0 Å². The van der Waals surface area contributed by atoms with E-state index in [1.165, 1.54) is 0 Å². The van der Waals surface area contributed by atoms with Gasteiger partial charge in [-0.3, -0.25) is 0 Å². The van der Waals surface area contributed by atoms with Crippen LogP contribution in [0, 0.1) is 5.92 Å². The molecule has 1 rings (SSSR count). The Bertz CT molecular complexity index is 151. The summed E-state index contributed by atoms with van der Waals surface area (Å²) in [5.74, 6) is 0.538. The highest BCUT2D eigenvalue weighted by Gasteiger charge is 2.16. The number of nitrogens with zero attached hydrogens (tertiary/aromatic N) is 1. The summed E-state index contributed by atoms with van der Waals surface area (Å²) in [6.07, 6.45) is 2.32. The fraction of sp³-hybridized carbons (Fsp3) is 0.889. The van der Waals surface area contributed by atoms with Crippen molar-refractivity contribution in [1.29, 1.82) is 0 Å². The number of nitrogens with one attached hydrogen (secondary N) is 1. The van der Waals surface area contributed by atoms with Crippen molar-refractivity contribution in [3.63, 3.8) is 0 Å². The maximum atomic E-state index is 11.4. The minimum Gasteiger partial charge on any atom is -0.338 e. The minimum atomic E-state index is 0.112. The molecule has 12 heavy (non-hydrogen) atoms. The molecule has 0 atom stereocenters. The Hall–Kier alpha value is -0.730. The lowest BCUT2D eigenvalue weighted by molar-refractivity contribution is 0.207. The number of hydrogen-bond acceptors (Lipinski definition) is 1. The van der Waals surface area contributed by atoms with Gasteiger partial charge in [0.1, 0.15) is 0 Å². The number of urea groups is 1. The molecule has 2 amide bonds. The summed E-state index contributed by atoms with van der Waals surface area (Å²) in [7, 11) is 0. The van der Waals surface area contributed by atoms with E-state index >= 15 is 0 Å². The second-order valence-electron chi connectivity index (χ2n) is 3.77. The highest BCUT2D eigenvalue weighted by Crippen LogP contribution is 2.06. The largest absolute Gasteiger partial charge is 0.338 e. The van der Waals surface area contributed by atoms with Crippen molar-refractivity contribution >= 4 is 6.03 Å². The van der Waals surface area contributed by atoms with E-state index in [0.717, 1.165) is 32.5 Å². The molecule has 0 bridgehead atoms. The Balaban J connectivity index is 2.18. The van der Waals surface area contributed by atoms with Crippen molar-refractivity contribution in [1.82, 2.24) is 10.2 Å². The van der Waals surface area contributed by atoms with Gasteiger partial charge in [0.2, 0.25) is 0 Å². The molecular formula is C9H18N2O. The molecule has 0 aliphatic carbocycles. The van der Waals surface area contributed by atoms with Crippen LogP contribution in [-0.4, -0.2) is 30.6 Å². The molecule has 1 N–H and O–H groups in total. The second kappa shape index (κ2) is 4.33. The summed E-state index contributed by atoms with van der Waals surface area (Å²) in [6.45, 7) is 6.86. The molecule has 1 aliphatic heterocycles. The van der Waals surface area contributed by atoms with E-state index in [1.54, 1.807) is 0 Å². The zero-order chi connectivity index (χ0) is 8.97. The number of likely N-dealkylation sites (tertiary alicyclic amines) is 1. The maximum absolute atomic E-state index is 11.4. The van der Waals surface area contributed by atoms with Gasteiger partial charge in [-0.05, 0) is 18.8 Å². The summed E-state index contributed by atoms with van der Waals surface area (Å²) in [4.78, 5) is 13.3. The van der Waals surface area contributed by atoms with E-state index in [4.69, 9.17) is 0 Å². The van der Waals surface area contributed by atoms with E-state index in [2.05, 4.69) is 19.2 Å². The normalized spacial score (nSPS) is 17.1. The molecule has 0 radical (unpaired) electrons. The predicted molar refractivity (Wildman–Crippen MR) is 49.0 cm³/mol. The molecule has 70 valence electrons. The number of hydrogen-bond donors (Lipinski definition) is 1. The van der Waals surface area contributed by atoms with Gasteiger partial charge in [0.25, 0.3) is 0 Å². The van der Waals surface area contributed by atoms with E-state index < -0.39 is 0 Å².